The molecule has 2 N–H and O–H groups in total. The fourth-order valence-corrected chi connectivity index (χ4v) is 4.60. The van der Waals surface area contributed by atoms with Crippen molar-refractivity contribution in [2.45, 2.75) is 49.9 Å². The van der Waals surface area contributed by atoms with Crippen LogP contribution in [-0.4, -0.2) is 66.2 Å². The number of halogens is 2. The van der Waals surface area contributed by atoms with Crippen molar-refractivity contribution in [3.05, 3.63) is 52.6 Å². The number of aryl methyl sites for hydroxylation is 1. The van der Waals surface area contributed by atoms with Crippen LogP contribution in [0.1, 0.15) is 59.9 Å². The molecule has 2 fully saturated rings. The third-order valence-corrected chi connectivity index (χ3v) is 6.86. The van der Waals surface area contributed by atoms with Crippen molar-refractivity contribution >= 4 is 48.8 Å². The second-order valence-electron chi connectivity index (χ2n) is 8.93. The van der Waals surface area contributed by atoms with E-state index in [0.29, 0.717) is 25.1 Å². The third kappa shape index (κ3) is 6.51. The number of nitrogens with zero attached hydrogens (tertiary/aromatic N) is 4. The molecule has 36 heavy (non-hydrogen) atoms. The number of aromatic carboxylic acids is 1. The molecule has 2 aromatic rings. The second-order valence-corrected chi connectivity index (χ2v) is 9.55. The van der Waals surface area contributed by atoms with Crippen LogP contribution in [0.25, 0.3) is 6.08 Å². The lowest BCUT2D eigenvalue weighted by Crippen LogP contribution is -2.42. The van der Waals surface area contributed by atoms with Gasteiger partial charge in [-0.05, 0) is 43.4 Å². The van der Waals surface area contributed by atoms with Crippen molar-refractivity contribution in [3.8, 4) is 0 Å². The van der Waals surface area contributed by atoms with Crippen molar-refractivity contribution in [1.82, 2.24) is 19.9 Å². The molecule has 1 saturated carbocycles. The Balaban J connectivity index is 0.00000361. The van der Waals surface area contributed by atoms with E-state index >= 15 is 0 Å². The van der Waals surface area contributed by atoms with Crippen LogP contribution < -0.4 is 0 Å². The number of likely N-dealkylation sites (tertiary alicyclic amines) is 1. The number of thiol groups is 1. The van der Waals surface area contributed by atoms with Gasteiger partial charge in [0.05, 0.1) is 12.6 Å². The summed E-state index contributed by atoms with van der Waals surface area (Å²) in [5.41, 5.74) is 0.992. The Morgan fingerprint density at radius 2 is 1.89 bits per heavy atom. The summed E-state index contributed by atoms with van der Waals surface area (Å²) >= 11 is 4.66. The number of aromatic nitrogens is 3. The molecule has 2 aliphatic rings. The number of hydrogen-bond donors (Lipinski definition) is 3. The molecule has 1 saturated heterocycles. The lowest BCUT2D eigenvalue weighted by molar-refractivity contribution is -0.137. The molecule has 0 bridgehead atoms. The summed E-state index contributed by atoms with van der Waals surface area (Å²) in [5, 5.41) is 26.5. The molecule has 194 valence electrons. The van der Waals surface area contributed by atoms with Gasteiger partial charge in [-0.2, -0.15) is 22.5 Å². The number of carbonyl (C=O) groups excluding carboxylic acids is 1. The van der Waals surface area contributed by atoms with Crippen LogP contribution in [0.4, 0.5) is 4.39 Å². The molecule has 12 heteroatoms. The van der Waals surface area contributed by atoms with Crippen LogP contribution in [0.2, 0.25) is 0 Å². The molecule has 4 rings (SSSR count). The molecule has 0 radical (unpaired) electrons. The van der Waals surface area contributed by atoms with Crippen LogP contribution in [0.15, 0.2) is 29.8 Å². The molecule has 1 aliphatic heterocycles. The summed E-state index contributed by atoms with van der Waals surface area (Å²) in [6.07, 6.45) is 4.00. The number of carboxylic acids is 2. The number of Topliss-reactive ketones (excluding diaryl/α,β-unsaturated/α-hetero) is 1. The fraction of sp³-hybridized carbons (Fsp3) is 0.458. The van der Waals surface area contributed by atoms with Gasteiger partial charge < -0.3 is 10.2 Å². The number of piperidine rings is 1. The van der Waals surface area contributed by atoms with Crippen molar-refractivity contribution in [1.29, 1.82) is 0 Å². The molecule has 2 unspecified atom stereocenters. The predicted octanol–water partition coefficient (Wildman–Crippen LogP) is 3.51. The molecule has 9 nitrogen and oxygen atoms in total. The van der Waals surface area contributed by atoms with Crippen molar-refractivity contribution in [2.75, 3.05) is 13.1 Å². The Hall–Kier alpha value is -2.76. The van der Waals surface area contributed by atoms with Gasteiger partial charge in [0.25, 0.3) is 0 Å². The van der Waals surface area contributed by atoms with Gasteiger partial charge in [-0.25, -0.2) is 9.18 Å². The highest BCUT2D eigenvalue weighted by Crippen LogP contribution is 2.39. The standard InChI is InChI=1S/C24H27FN4O5S.ClH/c25-17-5-2-1-4-16(17)22(23(32)14-7-8-14)28-11-9-19(35)15(13-28)12-18-21(24(33)34)27-29(26-18)10-3-6-20(30)31;/h1-2,4-5,12,14,19,22,35H,3,6-11,13H2,(H,30,31)(H,33,34);1H. The molecule has 1 aromatic carbocycles. The van der Waals surface area contributed by atoms with Crippen LogP contribution in [0, 0.1) is 11.7 Å². The smallest absolute Gasteiger partial charge is 0.358 e. The predicted molar refractivity (Wildman–Crippen MR) is 135 cm³/mol. The number of rotatable bonds is 10. The minimum absolute atomic E-state index is 0. The van der Waals surface area contributed by atoms with Crippen LogP contribution in [0.3, 0.4) is 0 Å². The van der Waals surface area contributed by atoms with Gasteiger partial charge in [0.15, 0.2) is 11.5 Å². The van der Waals surface area contributed by atoms with Gasteiger partial charge >= 0.3 is 11.9 Å². The van der Waals surface area contributed by atoms with E-state index in [0.717, 1.165) is 18.4 Å². The zero-order valence-electron chi connectivity index (χ0n) is 19.4. The highest BCUT2D eigenvalue weighted by molar-refractivity contribution is 7.81. The summed E-state index contributed by atoms with van der Waals surface area (Å²) in [6, 6.07) is 5.58. The van der Waals surface area contributed by atoms with Gasteiger partial charge in [0, 0.05) is 36.2 Å². The van der Waals surface area contributed by atoms with Gasteiger partial charge in [0.1, 0.15) is 11.5 Å². The van der Waals surface area contributed by atoms with E-state index in [9.17, 15) is 23.9 Å². The molecule has 2 heterocycles. The zero-order valence-corrected chi connectivity index (χ0v) is 21.1. The van der Waals surface area contributed by atoms with Gasteiger partial charge in [0.2, 0.25) is 0 Å². The van der Waals surface area contributed by atoms with Crippen LogP contribution in [-0.2, 0) is 16.1 Å². The Bertz CT molecular complexity index is 1170. The number of carboxylic acid groups (broad SMARTS) is 2. The monoisotopic (exact) mass is 538 g/mol. The summed E-state index contributed by atoms with van der Waals surface area (Å²) in [6.45, 7) is 1.00. The van der Waals surface area contributed by atoms with E-state index in [4.69, 9.17) is 5.11 Å². The minimum Gasteiger partial charge on any atom is -0.481 e. The van der Waals surface area contributed by atoms with Crippen molar-refractivity contribution in [2.24, 2.45) is 5.92 Å². The summed E-state index contributed by atoms with van der Waals surface area (Å²) in [7, 11) is 0. The highest BCUT2D eigenvalue weighted by atomic mass is 35.5. The highest BCUT2D eigenvalue weighted by Gasteiger charge is 2.41. The average Bonchev–Trinajstić information content (AvgIpc) is 3.58. The maximum atomic E-state index is 14.7. The largest absolute Gasteiger partial charge is 0.481 e. The number of hydrogen-bond acceptors (Lipinski definition) is 7. The molecular formula is C24H28ClFN4O5S. The van der Waals surface area contributed by atoms with Crippen molar-refractivity contribution < 1.29 is 29.0 Å². The van der Waals surface area contributed by atoms with Crippen LogP contribution >= 0.6 is 25.0 Å². The van der Waals surface area contributed by atoms with Crippen molar-refractivity contribution in [3.63, 3.8) is 0 Å². The van der Waals surface area contributed by atoms with E-state index in [1.54, 1.807) is 24.3 Å². The minimum atomic E-state index is -1.25. The molecule has 1 aliphatic carbocycles. The van der Waals surface area contributed by atoms with E-state index in [-0.39, 0.29) is 60.1 Å². The maximum Gasteiger partial charge on any atom is 0.358 e. The molecular weight excluding hydrogens is 511 g/mol. The quantitative estimate of drug-likeness (QED) is 0.392. The number of benzene rings is 1. The number of carbonyl (C=O) groups is 3. The van der Waals surface area contributed by atoms with Gasteiger partial charge in [-0.15, -0.1) is 17.5 Å². The van der Waals surface area contributed by atoms with Gasteiger partial charge in [-0.3, -0.25) is 14.5 Å². The lowest BCUT2D eigenvalue weighted by Gasteiger charge is -2.37. The molecule has 0 spiro atoms. The fourth-order valence-electron chi connectivity index (χ4n) is 4.33. The Morgan fingerprint density at radius 1 is 1.17 bits per heavy atom. The molecule has 1 aromatic heterocycles. The normalized spacial score (nSPS) is 20.1. The van der Waals surface area contributed by atoms with E-state index in [1.165, 1.54) is 10.9 Å². The maximum absolute atomic E-state index is 14.7. The summed E-state index contributed by atoms with van der Waals surface area (Å²) in [4.78, 5) is 38.8. The number of ketones is 1. The Kier molecular flexibility index (Phi) is 9.26. The first-order valence-corrected chi connectivity index (χ1v) is 12.1. The topological polar surface area (TPSA) is 126 Å². The third-order valence-electron chi connectivity index (χ3n) is 6.27. The summed E-state index contributed by atoms with van der Waals surface area (Å²) < 4.78 is 14.7. The summed E-state index contributed by atoms with van der Waals surface area (Å²) in [5.74, 6) is -2.70. The number of aliphatic carboxylic acids is 1. The molecule has 0 amide bonds. The van der Waals surface area contributed by atoms with E-state index in [2.05, 4.69) is 22.8 Å². The first-order valence-electron chi connectivity index (χ1n) is 11.6. The van der Waals surface area contributed by atoms with Crippen LogP contribution in [0.5, 0.6) is 0 Å². The lowest BCUT2D eigenvalue weighted by atomic mass is 9.93. The zero-order chi connectivity index (χ0) is 25.1. The first-order chi connectivity index (χ1) is 16.7. The van der Waals surface area contributed by atoms with E-state index in [1.807, 2.05) is 4.90 Å². The van der Waals surface area contributed by atoms with Gasteiger partial charge in [-0.1, -0.05) is 18.2 Å². The second kappa shape index (κ2) is 12.0. The first kappa shape index (κ1) is 27.8. The Labute approximate surface area is 219 Å². The average molecular weight is 539 g/mol. The molecule has 2 atom stereocenters. The van der Waals surface area contributed by atoms with E-state index < -0.39 is 23.8 Å². The SMILES string of the molecule is Cl.O=C(O)CCCn1nc(C=C2CN(C(C(=O)C3CC3)c3ccccc3F)CCC2S)c(C(=O)O)n1. The Morgan fingerprint density at radius 3 is 2.53 bits per heavy atom.